The predicted octanol–water partition coefficient (Wildman–Crippen LogP) is 3.35. The average molecular weight is 567 g/mol. The molecule has 0 aromatic heterocycles. The van der Waals surface area contributed by atoms with Gasteiger partial charge in [-0.25, -0.2) is 9.59 Å². The quantitative estimate of drug-likeness (QED) is 0.222. The van der Waals surface area contributed by atoms with E-state index in [0.717, 1.165) is 32.1 Å². The molecule has 1 unspecified atom stereocenters. The molecule has 2 fully saturated rings. The van der Waals surface area contributed by atoms with Crippen LogP contribution in [0.1, 0.15) is 99.3 Å². The normalized spacial score (nSPS) is 19.8. The van der Waals surface area contributed by atoms with Gasteiger partial charge in [0.2, 0.25) is 23.4 Å². The van der Waals surface area contributed by atoms with E-state index in [1.165, 1.54) is 13.8 Å². The first-order chi connectivity index (χ1) is 18.7. The summed E-state index contributed by atoms with van der Waals surface area (Å²) >= 11 is 0. The maximum Gasteiger partial charge on any atom is 0.410 e. The zero-order valence-electron chi connectivity index (χ0n) is 25.3. The highest BCUT2D eigenvalue weighted by Gasteiger charge is 2.40. The molecule has 4 amide bonds. The molecule has 228 valence electrons. The van der Waals surface area contributed by atoms with Crippen molar-refractivity contribution < 1.29 is 33.4 Å². The Labute approximate surface area is 239 Å². The molecule has 0 bridgehead atoms. The van der Waals surface area contributed by atoms with Crippen LogP contribution in [0.2, 0.25) is 0 Å². The summed E-state index contributed by atoms with van der Waals surface area (Å²) in [5.41, 5.74) is -2.21. The molecule has 0 aromatic carbocycles. The summed E-state index contributed by atoms with van der Waals surface area (Å²) in [7, 11) is 0. The van der Waals surface area contributed by atoms with Crippen LogP contribution < -0.4 is 10.6 Å². The molecule has 2 N–H and O–H groups in total. The summed E-state index contributed by atoms with van der Waals surface area (Å²) in [4.78, 5) is 66.5. The van der Waals surface area contributed by atoms with Crippen LogP contribution in [-0.4, -0.2) is 83.6 Å². The van der Waals surface area contributed by atoms with Crippen LogP contribution in [0.3, 0.4) is 0 Å². The summed E-state index contributed by atoms with van der Waals surface area (Å²) in [5, 5.41) is 5.20. The van der Waals surface area contributed by atoms with Crippen molar-refractivity contribution in [3.63, 3.8) is 0 Å². The lowest BCUT2D eigenvalue weighted by atomic mass is 9.91. The maximum atomic E-state index is 13.2. The van der Waals surface area contributed by atoms with Crippen molar-refractivity contribution in [3.05, 3.63) is 0 Å². The number of hydrogen-bond acceptors (Lipinski definition) is 7. The lowest BCUT2D eigenvalue weighted by Crippen LogP contribution is -2.65. The Balaban J connectivity index is 1.85. The fourth-order valence-corrected chi connectivity index (χ4v) is 5.13. The minimum absolute atomic E-state index is 0.00651. The van der Waals surface area contributed by atoms with E-state index in [0.29, 0.717) is 51.2 Å². The molecular weight excluding hydrogens is 516 g/mol. The molecule has 0 aliphatic carbocycles. The van der Waals surface area contributed by atoms with E-state index in [1.807, 2.05) is 27.7 Å². The van der Waals surface area contributed by atoms with Crippen LogP contribution >= 0.6 is 0 Å². The Bertz CT molecular complexity index is 895. The van der Waals surface area contributed by atoms with Gasteiger partial charge in [0, 0.05) is 39.5 Å². The molecule has 0 spiro atoms. The van der Waals surface area contributed by atoms with Crippen molar-refractivity contribution >= 4 is 29.8 Å². The van der Waals surface area contributed by atoms with E-state index in [4.69, 9.17) is 9.47 Å². The smallest absolute Gasteiger partial charge is 0.410 e. The molecule has 2 heterocycles. The molecule has 11 nitrogen and oxygen atoms in total. The van der Waals surface area contributed by atoms with E-state index < -0.39 is 35.0 Å². The zero-order valence-corrected chi connectivity index (χ0v) is 25.3. The zero-order chi connectivity index (χ0) is 29.9. The first-order valence-corrected chi connectivity index (χ1v) is 14.8. The van der Waals surface area contributed by atoms with Crippen LogP contribution in [0.15, 0.2) is 0 Å². The lowest BCUT2D eigenvalue weighted by Gasteiger charge is -2.36. The second-order valence-electron chi connectivity index (χ2n) is 12.3. The third kappa shape index (κ3) is 11.0. The van der Waals surface area contributed by atoms with Gasteiger partial charge in [0.05, 0.1) is 12.5 Å². The number of esters is 1. The highest BCUT2D eigenvalue weighted by Crippen LogP contribution is 2.25. The predicted molar refractivity (Wildman–Crippen MR) is 150 cm³/mol. The first-order valence-electron chi connectivity index (χ1n) is 14.8. The molecule has 11 heteroatoms. The Morgan fingerprint density at radius 1 is 0.900 bits per heavy atom. The van der Waals surface area contributed by atoms with Crippen LogP contribution in [0, 0.1) is 11.8 Å². The number of piperidine rings is 2. The number of rotatable bonds is 11. The van der Waals surface area contributed by atoms with Gasteiger partial charge in [0.15, 0.2) is 0 Å². The van der Waals surface area contributed by atoms with Gasteiger partial charge in [0.25, 0.3) is 0 Å². The number of likely N-dealkylation sites (tertiary alicyclic amines) is 2. The Kier molecular flexibility index (Phi) is 12.7. The SMILES string of the molecule is CCCCCOC(=O)[C@@](C)(NC(C)=O)NC(=O)C1CCCN(C(=O)CCC2CCN(C(=O)OC(C)(C)C)CC2)C1. The standard InChI is InChI=1S/C29H50N4O7/c1-7-8-9-19-39-26(37)29(6,30-21(2)34)31-25(36)23-11-10-16-33(20-23)24(35)13-12-22-14-17-32(18-15-22)27(38)40-28(3,4)5/h22-23H,7-20H2,1-6H3,(H,30,34)(H,31,36)/t23?,29-/m0/s1. The highest BCUT2D eigenvalue weighted by molar-refractivity contribution is 5.92. The number of ether oxygens (including phenoxy) is 2. The number of hydrogen-bond donors (Lipinski definition) is 2. The Hall–Kier alpha value is -2.85. The number of amides is 4. The highest BCUT2D eigenvalue weighted by atomic mass is 16.6. The van der Waals surface area contributed by atoms with E-state index in [-0.39, 0.29) is 25.2 Å². The maximum absolute atomic E-state index is 13.2. The third-order valence-corrected chi connectivity index (χ3v) is 7.37. The van der Waals surface area contributed by atoms with Crippen molar-refractivity contribution in [2.75, 3.05) is 32.8 Å². The van der Waals surface area contributed by atoms with Gasteiger partial charge in [0.1, 0.15) is 5.60 Å². The molecular formula is C29H50N4O7. The Morgan fingerprint density at radius 2 is 1.57 bits per heavy atom. The van der Waals surface area contributed by atoms with Crippen LogP contribution in [-0.2, 0) is 28.7 Å². The van der Waals surface area contributed by atoms with E-state index in [9.17, 15) is 24.0 Å². The van der Waals surface area contributed by atoms with E-state index in [1.54, 1.807) is 9.80 Å². The summed E-state index contributed by atoms with van der Waals surface area (Å²) in [6.45, 7) is 12.6. The molecule has 2 saturated heterocycles. The second-order valence-corrected chi connectivity index (χ2v) is 12.3. The number of unbranched alkanes of at least 4 members (excludes halogenated alkanes) is 2. The van der Waals surface area contributed by atoms with Crippen molar-refractivity contribution in [1.82, 2.24) is 20.4 Å². The average Bonchev–Trinajstić information content (AvgIpc) is 2.88. The molecule has 0 radical (unpaired) electrons. The monoisotopic (exact) mass is 566 g/mol. The fourth-order valence-electron chi connectivity index (χ4n) is 5.13. The van der Waals surface area contributed by atoms with Gasteiger partial charge in [-0.1, -0.05) is 19.8 Å². The van der Waals surface area contributed by atoms with Gasteiger partial charge in [-0.15, -0.1) is 0 Å². The van der Waals surface area contributed by atoms with Gasteiger partial charge >= 0.3 is 12.1 Å². The van der Waals surface area contributed by atoms with Crippen molar-refractivity contribution in [2.24, 2.45) is 11.8 Å². The van der Waals surface area contributed by atoms with E-state index in [2.05, 4.69) is 10.6 Å². The lowest BCUT2D eigenvalue weighted by molar-refractivity contribution is -0.157. The van der Waals surface area contributed by atoms with E-state index >= 15 is 0 Å². The number of carbonyl (C=O) groups excluding carboxylic acids is 5. The third-order valence-electron chi connectivity index (χ3n) is 7.37. The summed E-state index contributed by atoms with van der Waals surface area (Å²) in [6, 6.07) is 0. The van der Waals surface area contributed by atoms with Crippen LogP contribution in [0.5, 0.6) is 0 Å². The van der Waals surface area contributed by atoms with Crippen LogP contribution in [0.25, 0.3) is 0 Å². The molecule has 2 atom stereocenters. The van der Waals surface area contributed by atoms with Crippen LogP contribution in [0.4, 0.5) is 4.79 Å². The number of nitrogens with one attached hydrogen (secondary N) is 2. The molecule has 2 rings (SSSR count). The van der Waals surface area contributed by atoms with Crippen molar-refractivity contribution in [3.8, 4) is 0 Å². The molecule has 0 saturated carbocycles. The summed E-state index contributed by atoms with van der Waals surface area (Å²) in [5.74, 6) is -1.70. The number of nitrogens with zero attached hydrogens (tertiary/aromatic N) is 2. The van der Waals surface area contributed by atoms with Crippen molar-refractivity contribution in [1.29, 1.82) is 0 Å². The minimum Gasteiger partial charge on any atom is -0.463 e. The first kappa shape index (κ1) is 33.4. The minimum atomic E-state index is -1.68. The largest absolute Gasteiger partial charge is 0.463 e. The topological polar surface area (TPSA) is 134 Å². The molecule has 2 aliphatic heterocycles. The van der Waals surface area contributed by atoms with Gasteiger partial charge in [-0.05, 0) is 72.1 Å². The Morgan fingerprint density at radius 3 is 2.17 bits per heavy atom. The van der Waals surface area contributed by atoms with Gasteiger partial charge < -0.3 is 29.9 Å². The van der Waals surface area contributed by atoms with Gasteiger partial charge in [-0.3, -0.25) is 14.4 Å². The molecule has 2 aliphatic rings. The number of carbonyl (C=O) groups is 5. The molecule has 40 heavy (non-hydrogen) atoms. The molecule has 0 aromatic rings. The second kappa shape index (κ2) is 15.2. The summed E-state index contributed by atoms with van der Waals surface area (Å²) in [6.07, 6.45) is 6.33. The van der Waals surface area contributed by atoms with Crippen molar-refractivity contribution in [2.45, 2.75) is 111 Å². The summed E-state index contributed by atoms with van der Waals surface area (Å²) < 4.78 is 10.8. The fraction of sp³-hybridized carbons (Fsp3) is 0.828. The van der Waals surface area contributed by atoms with Gasteiger partial charge in [-0.2, -0.15) is 0 Å².